The lowest BCUT2D eigenvalue weighted by Crippen LogP contribution is -2.45. The minimum absolute atomic E-state index is 0.0598. The van der Waals surface area contributed by atoms with Crippen LogP contribution in [-0.4, -0.2) is 122 Å². The molecule has 0 aromatic carbocycles. The van der Waals surface area contributed by atoms with Crippen molar-refractivity contribution in [3.05, 3.63) is 24.3 Å². The fraction of sp³-hybridized carbons (Fsp3) is 0.688. The molecular weight excluding hydrogens is 604 g/mol. The van der Waals surface area contributed by atoms with E-state index in [1.165, 1.54) is 9.80 Å². The molecular formula is C32H40N2O12. The van der Waals surface area contributed by atoms with Gasteiger partial charge < -0.3 is 28.4 Å². The minimum atomic E-state index is -1.14. The summed E-state index contributed by atoms with van der Waals surface area (Å²) in [6.07, 6.45) is 5.86. The third-order valence-electron chi connectivity index (χ3n) is 9.61. The van der Waals surface area contributed by atoms with Gasteiger partial charge in [0.1, 0.15) is 24.4 Å². The Bertz CT molecular complexity index is 1270. The third kappa shape index (κ3) is 5.28. The van der Waals surface area contributed by atoms with Gasteiger partial charge in [-0.1, -0.05) is 39.8 Å². The Morgan fingerprint density at radius 1 is 0.674 bits per heavy atom. The van der Waals surface area contributed by atoms with Crippen LogP contribution in [-0.2, 0) is 57.2 Å². The fourth-order valence-corrected chi connectivity index (χ4v) is 7.23. The van der Waals surface area contributed by atoms with Crippen LogP contribution in [0.25, 0.3) is 0 Å². The summed E-state index contributed by atoms with van der Waals surface area (Å²) in [6.45, 7) is 7.24. The Balaban J connectivity index is 0.912. The number of rotatable bonds is 15. The minimum Gasteiger partial charge on any atom is -0.462 e. The molecule has 8 unspecified atom stereocenters. The van der Waals surface area contributed by atoms with Gasteiger partial charge in [0.05, 0.1) is 87.2 Å². The molecule has 4 bridgehead atoms. The number of carbonyl (C=O) groups excluding carboxylic acids is 6. The monoisotopic (exact) mass is 644 g/mol. The maximum atomic E-state index is 13.3. The zero-order valence-electron chi connectivity index (χ0n) is 26.4. The average molecular weight is 645 g/mol. The number of nitrogens with zero attached hydrogens (tertiary/aromatic N) is 2. The number of hydrogen-bond donors (Lipinski definition) is 0. The lowest BCUT2D eigenvalue weighted by Gasteiger charge is -2.28. The molecule has 6 heterocycles. The molecule has 6 rings (SSSR count). The van der Waals surface area contributed by atoms with Crippen molar-refractivity contribution in [3.63, 3.8) is 0 Å². The largest absolute Gasteiger partial charge is 0.462 e. The van der Waals surface area contributed by atoms with E-state index in [1.807, 2.05) is 0 Å². The second-order valence-electron chi connectivity index (χ2n) is 13.2. The summed E-state index contributed by atoms with van der Waals surface area (Å²) >= 11 is 0. The van der Waals surface area contributed by atoms with Crippen molar-refractivity contribution in [1.29, 1.82) is 0 Å². The van der Waals surface area contributed by atoms with Crippen molar-refractivity contribution in [3.8, 4) is 0 Å². The summed E-state index contributed by atoms with van der Waals surface area (Å²) in [6, 6.07) is 0. The summed E-state index contributed by atoms with van der Waals surface area (Å²) in [5.41, 5.74) is -2.28. The van der Waals surface area contributed by atoms with Gasteiger partial charge in [-0.3, -0.25) is 38.6 Å². The molecule has 0 spiro atoms. The summed E-state index contributed by atoms with van der Waals surface area (Å²) in [7, 11) is 0. The fourth-order valence-electron chi connectivity index (χ4n) is 7.23. The molecule has 14 heteroatoms. The van der Waals surface area contributed by atoms with Gasteiger partial charge in [-0.2, -0.15) is 0 Å². The van der Waals surface area contributed by atoms with E-state index < -0.39 is 59.0 Å². The normalized spacial score (nSPS) is 35.0. The van der Waals surface area contributed by atoms with Crippen LogP contribution in [0.15, 0.2) is 24.3 Å². The average Bonchev–Trinajstić information content (AvgIpc) is 3.85. The SMILES string of the molecule is CC(C)C(=O)OCC12C=CC(O1)C1C(=O)N(CCOCCOCCN3C(=O)C4C5C=CC(COC(=O)C(C)C)(O5)C4C3=O)C(=O)C12. The smallest absolute Gasteiger partial charge is 0.308 e. The molecule has 14 nitrogen and oxygen atoms in total. The molecule has 4 amide bonds. The van der Waals surface area contributed by atoms with Crippen molar-refractivity contribution in [1.82, 2.24) is 9.80 Å². The van der Waals surface area contributed by atoms with Crippen molar-refractivity contribution in [2.75, 3.05) is 52.7 Å². The van der Waals surface area contributed by atoms with Crippen molar-refractivity contribution in [2.45, 2.75) is 51.1 Å². The Labute approximate surface area is 266 Å². The van der Waals surface area contributed by atoms with Crippen LogP contribution in [0.2, 0.25) is 0 Å². The first-order chi connectivity index (χ1) is 21.9. The highest BCUT2D eigenvalue weighted by Crippen LogP contribution is 2.53. The van der Waals surface area contributed by atoms with E-state index in [0.717, 1.165) is 0 Å². The molecule has 8 atom stereocenters. The highest BCUT2D eigenvalue weighted by molar-refractivity contribution is 6.08. The number of amides is 4. The second kappa shape index (κ2) is 12.3. The van der Waals surface area contributed by atoms with E-state index in [1.54, 1.807) is 52.0 Å². The standard InChI is InChI=1S/C32H40N2O12/c1-17(2)29(39)43-15-31-7-5-19(45-31)21-23(31)27(37)33(25(21)35)9-11-41-13-14-42-12-10-34-26(36)22-20-6-8-32(46-20,24(22)28(34)38)16-44-30(40)18(3)4/h5-8,17-24H,9-16H2,1-4H3. The third-order valence-corrected chi connectivity index (χ3v) is 9.61. The van der Waals surface area contributed by atoms with Crippen molar-refractivity contribution in [2.24, 2.45) is 35.5 Å². The number of fused-ring (bicyclic) bond motifs is 10. The molecule has 0 radical (unpaired) electrons. The molecule has 0 aromatic heterocycles. The van der Waals surface area contributed by atoms with Crippen LogP contribution in [0.1, 0.15) is 27.7 Å². The van der Waals surface area contributed by atoms with Gasteiger partial charge in [-0.05, 0) is 12.2 Å². The quantitative estimate of drug-likeness (QED) is 0.102. The number of esters is 2. The van der Waals surface area contributed by atoms with E-state index in [2.05, 4.69) is 0 Å². The molecule has 250 valence electrons. The first-order valence-corrected chi connectivity index (χ1v) is 15.8. The van der Waals surface area contributed by atoms with Crippen LogP contribution in [0.3, 0.4) is 0 Å². The van der Waals surface area contributed by atoms with Crippen LogP contribution in [0.5, 0.6) is 0 Å². The van der Waals surface area contributed by atoms with Crippen LogP contribution in [0.4, 0.5) is 0 Å². The topological polar surface area (TPSA) is 164 Å². The summed E-state index contributed by atoms with van der Waals surface area (Å²) in [5, 5.41) is 0. The Morgan fingerprint density at radius 3 is 1.43 bits per heavy atom. The van der Waals surface area contributed by atoms with Gasteiger partial charge >= 0.3 is 11.9 Å². The molecule has 6 aliphatic heterocycles. The van der Waals surface area contributed by atoms with Gasteiger partial charge in [-0.25, -0.2) is 0 Å². The van der Waals surface area contributed by atoms with E-state index >= 15 is 0 Å². The lowest BCUT2D eigenvalue weighted by molar-refractivity contribution is -0.159. The molecule has 0 aliphatic carbocycles. The van der Waals surface area contributed by atoms with E-state index in [0.29, 0.717) is 0 Å². The van der Waals surface area contributed by atoms with E-state index in [4.69, 9.17) is 28.4 Å². The molecule has 0 saturated carbocycles. The number of imide groups is 2. The van der Waals surface area contributed by atoms with Gasteiger partial charge in [0.25, 0.3) is 0 Å². The predicted molar refractivity (Wildman–Crippen MR) is 154 cm³/mol. The number of hydrogen-bond acceptors (Lipinski definition) is 12. The molecule has 46 heavy (non-hydrogen) atoms. The van der Waals surface area contributed by atoms with E-state index in [-0.39, 0.29) is 88.2 Å². The Morgan fingerprint density at radius 2 is 1.07 bits per heavy atom. The second-order valence-corrected chi connectivity index (χ2v) is 13.2. The molecule has 6 aliphatic rings. The molecule has 4 fully saturated rings. The van der Waals surface area contributed by atoms with E-state index in [9.17, 15) is 28.8 Å². The Hall–Kier alpha value is -3.46. The lowest BCUT2D eigenvalue weighted by atomic mass is 9.77. The summed E-state index contributed by atoms with van der Waals surface area (Å²) in [5.74, 6) is -5.71. The number of likely N-dealkylation sites (tertiary alicyclic amines) is 2. The summed E-state index contributed by atoms with van der Waals surface area (Å²) < 4.78 is 33.9. The van der Waals surface area contributed by atoms with Gasteiger partial charge in [0, 0.05) is 0 Å². The number of ether oxygens (including phenoxy) is 6. The predicted octanol–water partition coefficient (Wildman–Crippen LogP) is 0.0352. The van der Waals surface area contributed by atoms with Gasteiger partial charge in [-0.15, -0.1) is 0 Å². The van der Waals surface area contributed by atoms with Crippen LogP contribution in [0, 0.1) is 35.5 Å². The Kier molecular flexibility index (Phi) is 8.68. The van der Waals surface area contributed by atoms with Gasteiger partial charge in [0.15, 0.2) is 0 Å². The van der Waals surface area contributed by atoms with Crippen LogP contribution >= 0.6 is 0 Å². The highest BCUT2D eigenvalue weighted by atomic mass is 16.6. The molecule has 0 aromatic rings. The van der Waals surface area contributed by atoms with Gasteiger partial charge in [0.2, 0.25) is 23.6 Å². The molecule has 0 N–H and O–H groups in total. The zero-order chi connectivity index (χ0) is 33.0. The maximum absolute atomic E-state index is 13.3. The van der Waals surface area contributed by atoms with Crippen LogP contribution < -0.4 is 0 Å². The number of carbonyl (C=O) groups is 6. The molecule has 4 saturated heterocycles. The first kappa shape index (κ1) is 32.5. The zero-order valence-corrected chi connectivity index (χ0v) is 26.4. The maximum Gasteiger partial charge on any atom is 0.308 e. The first-order valence-electron chi connectivity index (χ1n) is 15.8. The van der Waals surface area contributed by atoms with Crippen molar-refractivity contribution >= 4 is 35.6 Å². The summed E-state index contributed by atoms with van der Waals surface area (Å²) in [4.78, 5) is 79.1. The highest BCUT2D eigenvalue weighted by Gasteiger charge is 2.69. The van der Waals surface area contributed by atoms with Crippen molar-refractivity contribution < 1.29 is 57.2 Å².